The number of ether oxygens (including phenoxy) is 2. The zero-order valence-electron chi connectivity index (χ0n) is 15.4. The Bertz CT molecular complexity index is 728. The number of para-hydroxylation sites is 1. The fraction of sp³-hybridized carbons (Fsp3) is 0.500. The third kappa shape index (κ3) is 4.43. The number of benzene rings is 1. The van der Waals surface area contributed by atoms with Crippen molar-refractivity contribution >= 4 is 5.91 Å². The number of nitrogens with zero attached hydrogens (tertiary/aromatic N) is 2. The lowest BCUT2D eigenvalue weighted by Gasteiger charge is -2.31. The van der Waals surface area contributed by atoms with Crippen molar-refractivity contribution in [1.82, 2.24) is 9.88 Å². The molecular formula is C20H26N2O4. The van der Waals surface area contributed by atoms with Crippen LogP contribution in [-0.4, -0.2) is 49.2 Å². The Labute approximate surface area is 154 Å². The van der Waals surface area contributed by atoms with Crippen LogP contribution in [0, 0.1) is 0 Å². The molecule has 3 rings (SSSR count). The van der Waals surface area contributed by atoms with Gasteiger partial charge < -0.3 is 18.8 Å². The average molecular weight is 358 g/mol. The summed E-state index contributed by atoms with van der Waals surface area (Å²) >= 11 is 0. The second kappa shape index (κ2) is 8.85. The minimum absolute atomic E-state index is 0.0392. The average Bonchev–Trinajstić information content (AvgIpc) is 3.15. The number of hydrogen-bond donors (Lipinski definition) is 0. The molecule has 0 saturated carbocycles. The number of carbonyl (C=O) groups is 1. The molecule has 1 fully saturated rings. The third-order valence-electron chi connectivity index (χ3n) is 4.68. The quantitative estimate of drug-likeness (QED) is 0.761. The molecule has 2 heterocycles. The highest BCUT2D eigenvalue weighted by Crippen LogP contribution is 2.28. The van der Waals surface area contributed by atoms with Crippen molar-refractivity contribution < 1.29 is 18.7 Å². The van der Waals surface area contributed by atoms with E-state index in [0.29, 0.717) is 25.5 Å². The lowest BCUT2D eigenvalue weighted by atomic mass is 9.98. The molecule has 6 nitrogen and oxygen atoms in total. The van der Waals surface area contributed by atoms with Gasteiger partial charge in [-0.05, 0) is 25.8 Å². The van der Waals surface area contributed by atoms with Gasteiger partial charge in [-0.25, -0.2) is 4.98 Å². The highest BCUT2D eigenvalue weighted by Gasteiger charge is 2.27. The summed E-state index contributed by atoms with van der Waals surface area (Å²) < 4.78 is 16.6. The molecule has 0 N–H and O–H groups in total. The van der Waals surface area contributed by atoms with Crippen molar-refractivity contribution in [3.8, 4) is 5.75 Å². The number of rotatable bonds is 7. The number of oxazole rings is 1. The van der Waals surface area contributed by atoms with Crippen LogP contribution in [0.1, 0.15) is 42.9 Å². The van der Waals surface area contributed by atoms with Crippen LogP contribution in [0.5, 0.6) is 5.75 Å². The molecule has 0 bridgehead atoms. The smallest absolute Gasteiger partial charge is 0.248 e. The molecule has 0 spiro atoms. The van der Waals surface area contributed by atoms with Crippen molar-refractivity contribution in [3.63, 3.8) is 0 Å². The van der Waals surface area contributed by atoms with Gasteiger partial charge in [0.15, 0.2) is 5.89 Å². The molecule has 1 aliphatic rings. The molecule has 2 aromatic rings. The van der Waals surface area contributed by atoms with Crippen molar-refractivity contribution in [2.24, 2.45) is 0 Å². The number of piperidine rings is 1. The maximum Gasteiger partial charge on any atom is 0.248 e. The van der Waals surface area contributed by atoms with Crippen LogP contribution in [0.3, 0.4) is 0 Å². The monoisotopic (exact) mass is 358 g/mol. The summed E-state index contributed by atoms with van der Waals surface area (Å²) in [5.74, 6) is 2.54. The van der Waals surface area contributed by atoms with Crippen molar-refractivity contribution in [2.75, 3.05) is 33.4 Å². The van der Waals surface area contributed by atoms with E-state index >= 15 is 0 Å². The van der Waals surface area contributed by atoms with Crippen molar-refractivity contribution in [2.45, 2.75) is 32.1 Å². The molecule has 1 saturated heterocycles. The Morgan fingerprint density at radius 2 is 2.23 bits per heavy atom. The van der Waals surface area contributed by atoms with Gasteiger partial charge in [-0.2, -0.15) is 0 Å². The standard InChI is InChI=1S/C20H26N2O4/c1-3-25-14-19(23)22-10-6-8-16(13-22)20-21-12-17(26-20)11-15-7-4-5-9-18(15)24-2/h4-5,7,9,12,16H,3,6,8,10-11,13-14H2,1-2H3/t16-/m0/s1. The number of amides is 1. The molecule has 6 heteroatoms. The molecule has 1 amide bonds. The fourth-order valence-electron chi connectivity index (χ4n) is 3.32. The molecular weight excluding hydrogens is 332 g/mol. The number of aromatic nitrogens is 1. The summed E-state index contributed by atoms with van der Waals surface area (Å²) in [5.41, 5.74) is 1.06. The van der Waals surface area contributed by atoms with Crippen molar-refractivity contribution in [1.29, 1.82) is 0 Å². The lowest BCUT2D eigenvalue weighted by molar-refractivity contribution is -0.137. The van der Waals surface area contributed by atoms with E-state index < -0.39 is 0 Å². The first kappa shape index (κ1) is 18.5. The number of hydrogen-bond acceptors (Lipinski definition) is 5. The molecule has 26 heavy (non-hydrogen) atoms. The molecule has 1 aromatic heterocycles. The Hall–Kier alpha value is -2.34. The van der Waals surface area contributed by atoms with Crippen LogP contribution in [-0.2, 0) is 16.0 Å². The van der Waals surface area contributed by atoms with Gasteiger partial charge in [0.2, 0.25) is 5.91 Å². The molecule has 0 aliphatic carbocycles. The summed E-state index contributed by atoms with van der Waals surface area (Å²) in [6.45, 7) is 4.00. The van der Waals surface area contributed by atoms with Crippen LogP contribution in [0.4, 0.5) is 0 Å². The topological polar surface area (TPSA) is 64.8 Å². The number of methoxy groups -OCH3 is 1. The van der Waals surface area contributed by atoms with Gasteiger partial charge in [0.05, 0.1) is 19.2 Å². The van der Waals surface area contributed by atoms with E-state index in [1.165, 1.54) is 0 Å². The van der Waals surface area contributed by atoms with E-state index in [9.17, 15) is 4.79 Å². The molecule has 140 valence electrons. The van der Waals surface area contributed by atoms with Crippen LogP contribution in [0.15, 0.2) is 34.9 Å². The van der Waals surface area contributed by atoms with Gasteiger partial charge in [-0.15, -0.1) is 0 Å². The Morgan fingerprint density at radius 1 is 1.38 bits per heavy atom. The molecule has 0 unspecified atom stereocenters. The maximum absolute atomic E-state index is 12.2. The second-order valence-electron chi connectivity index (χ2n) is 6.47. The Balaban J connectivity index is 1.64. The Morgan fingerprint density at radius 3 is 3.04 bits per heavy atom. The SMILES string of the molecule is CCOCC(=O)N1CCC[C@H](c2ncc(Cc3ccccc3OC)o2)C1. The normalized spacial score (nSPS) is 17.3. The summed E-state index contributed by atoms with van der Waals surface area (Å²) in [6.07, 6.45) is 4.35. The summed E-state index contributed by atoms with van der Waals surface area (Å²) in [5, 5.41) is 0. The summed E-state index contributed by atoms with van der Waals surface area (Å²) in [4.78, 5) is 18.5. The summed E-state index contributed by atoms with van der Waals surface area (Å²) in [7, 11) is 1.67. The Kier molecular flexibility index (Phi) is 6.28. The zero-order valence-corrected chi connectivity index (χ0v) is 15.4. The zero-order chi connectivity index (χ0) is 18.4. The minimum Gasteiger partial charge on any atom is -0.496 e. The number of likely N-dealkylation sites (tertiary alicyclic amines) is 1. The highest BCUT2D eigenvalue weighted by atomic mass is 16.5. The molecule has 1 atom stereocenters. The molecule has 0 radical (unpaired) electrons. The predicted octanol–water partition coefficient (Wildman–Crippen LogP) is 3.02. The van der Waals surface area contributed by atoms with Crippen molar-refractivity contribution in [3.05, 3.63) is 47.7 Å². The maximum atomic E-state index is 12.2. The first-order valence-electron chi connectivity index (χ1n) is 9.13. The van der Waals surface area contributed by atoms with Gasteiger partial charge in [0, 0.05) is 31.7 Å². The van der Waals surface area contributed by atoms with Gasteiger partial charge in [-0.1, -0.05) is 18.2 Å². The van der Waals surface area contributed by atoms with Crippen LogP contribution < -0.4 is 4.74 Å². The number of carbonyl (C=O) groups excluding carboxylic acids is 1. The van der Waals surface area contributed by atoms with Crippen LogP contribution in [0.25, 0.3) is 0 Å². The van der Waals surface area contributed by atoms with Crippen LogP contribution in [0.2, 0.25) is 0 Å². The first-order chi connectivity index (χ1) is 12.7. The predicted molar refractivity (Wildman–Crippen MR) is 97.4 cm³/mol. The van der Waals surface area contributed by atoms with E-state index in [1.807, 2.05) is 36.1 Å². The fourth-order valence-corrected chi connectivity index (χ4v) is 3.32. The lowest BCUT2D eigenvalue weighted by Crippen LogP contribution is -2.41. The van der Waals surface area contributed by atoms with Gasteiger partial charge in [0.25, 0.3) is 0 Å². The van der Waals surface area contributed by atoms with Gasteiger partial charge >= 0.3 is 0 Å². The van der Waals surface area contributed by atoms with E-state index in [2.05, 4.69) is 4.98 Å². The van der Waals surface area contributed by atoms with E-state index in [0.717, 1.165) is 36.5 Å². The summed E-state index contributed by atoms with van der Waals surface area (Å²) in [6, 6.07) is 7.90. The van der Waals surface area contributed by atoms with E-state index in [-0.39, 0.29) is 18.4 Å². The van der Waals surface area contributed by atoms with Crippen LogP contribution >= 0.6 is 0 Å². The molecule has 1 aliphatic heterocycles. The minimum atomic E-state index is 0.0392. The van der Waals surface area contributed by atoms with E-state index in [1.54, 1.807) is 13.3 Å². The third-order valence-corrected chi connectivity index (χ3v) is 4.68. The largest absolute Gasteiger partial charge is 0.496 e. The molecule has 1 aromatic carbocycles. The first-order valence-corrected chi connectivity index (χ1v) is 9.13. The van der Waals surface area contributed by atoms with Gasteiger partial charge in [0.1, 0.15) is 18.1 Å². The van der Waals surface area contributed by atoms with E-state index in [4.69, 9.17) is 13.9 Å². The highest BCUT2D eigenvalue weighted by molar-refractivity contribution is 5.77. The van der Waals surface area contributed by atoms with Gasteiger partial charge in [-0.3, -0.25) is 4.79 Å². The second-order valence-corrected chi connectivity index (χ2v) is 6.47.